The van der Waals surface area contributed by atoms with Crippen molar-refractivity contribution in [1.29, 1.82) is 0 Å². The number of carbonyl (C=O) groups is 1. The van der Waals surface area contributed by atoms with Gasteiger partial charge in [0.1, 0.15) is 6.33 Å². The minimum atomic E-state index is -0.154. The van der Waals surface area contributed by atoms with E-state index in [0.29, 0.717) is 5.56 Å². The monoisotopic (exact) mass is 330 g/mol. The van der Waals surface area contributed by atoms with Crippen LogP contribution in [0.1, 0.15) is 21.7 Å². The van der Waals surface area contributed by atoms with Crippen molar-refractivity contribution in [3.05, 3.63) is 83.9 Å². The van der Waals surface area contributed by atoms with Gasteiger partial charge in [-0.2, -0.15) is 0 Å². The average molecular weight is 330 g/mol. The third kappa shape index (κ3) is 2.59. The van der Waals surface area contributed by atoms with Crippen molar-refractivity contribution in [2.24, 2.45) is 0 Å². The van der Waals surface area contributed by atoms with Gasteiger partial charge in [0.15, 0.2) is 0 Å². The van der Waals surface area contributed by atoms with Crippen LogP contribution in [-0.4, -0.2) is 20.1 Å². The minimum Gasteiger partial charge on any atom is -0.318 e. The Bertz CT molecular complexity index is 1060. The van der Waals surface area contributed by atoms with Gasteiger partial charge in [-0.25, -0.2) is 9.66 Å². The third-order valence-electron chi connectivity index (χ3n) is 4.37. The lowest BCUT2D eigenvalue weighted by molar-refractivity contribution is 0.101. The van der Waals surface area contributed by atoms with Gasteiger partial charge in [-0.15, -0.1) is 0 Å². The molecule has 124 valence electrons. The molecule has 0 aliphatic heterocycles. The molecule has 0 saturated heterocycles. The van der Waals surface area contributed by atoms with Crippen molar-refractivity contribution in [3.63, 3.8) is 0 Å². The lowest BCUT2D eigenvalue weighted by atomic mass is 10.2. The van der Waals surface area contributed by atoms with Gasteiger partial charge in [0.2, 0.25) is 0 Å². The standard InChI is InChI=1S/C20H18N4O/c1-14-12-17(15(2)24(14)16-8-4-3-5-9-16)20(25)22-23-13-21-18-10-6-7-11-19(18)23/h3-13H,1-2H3,(H,22,25). The first-order valence-electron chi connectivity index (χ1n) is 8.13. The predicted octanol–water partition coefficient (Wildman–Crippen LogP) is 3.83. The molecule has 1 amide bonds. The fraction of sp³-hybridized carbons (Fsp3) is 0.100. The summed E-state index contributed by atoms with van der Waals surface area (Å²) in [6.45, 7) is 3.96. The van der Waals surface area contributed by atoms with Crippen molar-refractivity contribution in [1.82, 2.24) is 14.2 Å². The molecule has 2 aromatic carbocycles. The van der Waals surface area contributed by atoms with Crippen LogP contribution in [0.15, 0.2) is 67.0 Å². The van der Waals surface area contributed by atoms with Crippen LogP contribution in [0.5, 0.6) is 0 Å². The van der Waals surface area contributed by atoms with E-state index in [0.717, 1.165) is 28.1 Å². The summed E-state index contributed by atoms with van der Waals surface area (Å²) in [7, 11) is 0. The normalized spacial score (nSPS) is 11.0. The molecule has 0 fully saturated rings. The fourth-order valence-electron chi connectivity index (χ4n) is 3.18. The van der Waals surface area contributed by atoms with Crippen LogP contribution in [-0.2, 0) is 0 Å². The van der Waals surface area contributed by atoms with Crippen LogP contribution < -0.4 is 5.43 Å². The molecule has 0 aliphatic rings. The minimum absolute atomic E-state index is 0.154. The molecule has 0 bridgehead atoms. The largest absolute Gasteiger partial charge is 0.318 e. The van der Waals surface area contributed by atoms with Crippen LogP contribution >= 0.6 is 0 Å². The molecule has 25 heavy (non-hydrogen) atoms. The highest BCUT2D eigenvalue weighted by Gasteiger charge is 2.17. The van der Waals surface area contributed by atoms with Gasteiger partial charge in [-0.05, 0) is 44.2 Å². The van der Waals surface area contributed by atoms with Crippen molar-refractivity contribution >= 4 is 16.9 Å². The van der Waals surface area contributed by atoms with Crippen LogP contribution in [0.4, 0.5) is 0 Å². The van der Waals surface area contributed by atoms with Gasteiger partial charge in [0, 0.05) is 17.1 Å². The number of fused-ring (bicyclic) bond motifs is 1. The zero-order chi connectivity index (χ0) is 17.4. The van der Waals surface area contributed by atoms with Crippen molar-refractivity contribution in [2.45, 2.75) is 13.8 Å². The molecule has 0 unspecified atom stereocenters. The van der Waals surface area contributed by atoms with Crippen LogP contribution in [0.2, 0.25) is 0 Å². The van der Waals surface area contributed by atoms with E-state index in [1.807, 2.05) is 74.5 Å². The van der Waals surface area contributed by atoms with E-state index in [9.17, 15) is 4.79 Å². The van der Waals surface area contributed by atoms with Crippen molar-refractivity contribution in [2.75, 3.05) is 5.43 Å². The second kappa shape index (κ2) is 5.94. The number of imidazole rings is 1. The van der Waals surface area contributed by atoms with Gasteiger partial charge in [0.25, 0.3) is 5.91 Å². The number of benzene rings is 2. The summed E-state index contributed by atoms with van der Waals surface area (Å²) in [6, 6.07) is 19.6. The van der Waals surface area contributed by atoms with E-state index in [2.05, 4.69) is 15.0 Å². The molecule has 4 aromatic rings. The number of amides is 1. The van der Waals surface area contributed by atoms with Crippen molar-refractivity contribution in [3.8, 4) is 5.69 Å². The number of nitrogens with one attached hydrogen (secondary N) is 1. The van der Waals surface area contributed by atoms with Gasteiger partial charge in [-0.1, -0.05) is 30.3 Å². The summed E-state index contributed by atoms with van der Waals surface area (Å²) in [6.07, 6.45) is 1.62. The molecule has 1 N–H and O–H groups in total. The van der Waals surface area contributed by atoms with E-state index < -0.39 is 0 Å². The first kappa shape index (κ1) is 15.2. The summed E-state index contributed by atoms with van der Waals surface area (Å²) in [5.74, 6) is -0.154. The maximum atomic E-state index is 12.8. The molecule has 0 saturated carbocycles. The zero-order valence-electron chi connectivity index (χ0n) is 14.1. The number of nitrogens with zero attached hydrogens (tertiary/aromatic N) is 3. The van der Waals surface area contributed by atoms with E-state index in [4.69, 9.17) is 0 Å². The Hall–Kier alpha value is -3.34. The molecule has 0 aliphatic carbocycles. The Morgan fingerprint density at radius 2 is 1.72 bits per heavy atom. The Labute approximate surface area is 145 Å². The van der Waals surface area contributed by atoms with Crippen LogP contribution in [0.3, 0.4) is 0 Å². The maximum Gasteiger partial charge on any atom is 0.271 e. The summed E-state index contributed by atoms with van der Waals surface area (Å²) < 4.78 is 3.74. The van der Waals surface area contributed by atoms with Gasteiger partial charge in [0.05, 0.1) is 16.6 Å². The van der Waals surface area contributed by atoms with E-state index in [-0.39, 0.29) is 5.91 Å². The number of aromatic nitrogens is 3. The Balaban J connectivity index is 1.69. The van der Waals surface area contributed by atoms with Crippen molar-refractivity contribution < 1.29 is 4.79 Å². The van der Waals surface area contributed by atoms with Gasteiger partial charge < -0.3 is 4.57 Å². The number of hydrogen-bond acceptors (Lipinski definition) is 2. The summed E-state index contributed by atoms with van der Waals surface area (Å²) in [5.41, 5.74) is 8.25. The highest BCUT2D eigenvalue weighted by atomic mass is 16.2. The van der Waals surface area contributed by atoms with Crippen LogP contribution in [0, 0.1) is 13.8 Å². The Kier molecular flexibility index (Phi) is 3.61. The molecule has 2 aromatic heterocycles. The lowest BCUT2D eigenvalue weighted by Gasteiger charge is -2.10. The van der Waals surface area contributed by atoms with E-state index in [1.165, 1.54) is 0 Å². The van der Waals surface area contributed by atoms with E-state index in [1.54, 1.807) is 11.0 Å². The first-order valence-corrected chi connectivity index (χ1v) is 8.13. The molecule has 0 spiro atoms. The molecular weight excluding hydrogens is 312 g/mol. The lowest BCUT2D eigenvalue weighted by Crippen LogP contribution is -2.22. The maximum absolute atomic E-state index is 12.8. The summed E-state index contributed by atoms with van der Waals surface area (Å²) >= 11 is 0. The van der Waals surface area contributed by atoms with Gasteiger partial charge in [-0.3, -0.25) is 10.2 Å². The SMILES string of the molecule is Cc1cc(C(=O)Nn2cnc3ccccc32)c(C)n1-c1ccccc1. The number of hydrogen-bond donors (Lipinski definition) is 1. The molecule has 5 heteroatoms. The highest BCUT2D eigenvalue weighted by Crippen LogP contribution is 2.21. The topological polar surface area (TPSA) is 51.9 Å². The van der Waals surface area contributed by atoms with E-state index >= 15 is 0 Å². The molecule has 4 rings (SSSR count). The highest BCUT2D eigenvalue weighted by molar-refractivity contribution is 6.02. The second-order valence-corrected chi connectivity index (χ2v) is 6.00. The summed E-state index contributed by atoms with van der Waals surface area (Å²) in [5, 5.41) is 0. The smallest absolute Gasteiger partial charge is 0.271 e. The second-order valence-electron chi connectivity index (χ2n) is 6.00. The predicted molar refractivity (Wildman–Crippen MR) is 98.7 cm³/mol. The Morgan fingerprint density at radius 1 is 1.00 bits per heavy atom. The Morgan fingerprint density at radius 3 is 2.52 bits per heavy atom. The molecule has 5 nitrogen and oxygen atoms in total. The third-order valence-corrected chi connectivity index (χ3v) is 4.37. The number of para-hydroxylation sites is 3. The average Bonchev–Trinajstić information content (AvgIpc) is 3.17. The fourth-order valence-corrected chi connectivity index (χ4v) is 3.18. The zero-order valence-corrected chi connectivity index (χ0v) is 14.1. The molecular formula is C20H18N4O. The number of carbonyl (C=O) groups excluding carboxylic acids is 1. The quantitative estimate of drug-likeness (QED) is 0.621. The molecule has 0 atom stereocenters. The van der Waals surface area contributed by atoms with Crippen LogP contribution in [0.25, 0.3) is 16.7 Å². The molecule has 2 heterocycles. The summed E-state index contributed by atoms with van der Waals surface area (Å²) in [4.78, 5) is 17.1. The van der Waals surface area contributed by atoms with Gasteiger partial charge >= 0.3 is 0 Å². The molecule has 0 radical (unpaired) electrons. The number of aryl methyl sites for hydroxylation is 1. The number of rotatable bonds is 3. The first-order chi connectivity index (χ1) is 12.1.